The predicted octanol–water partition coefficient (Wildman–Crippen LogP) is 5.09. The summed E-state index contributed by atoms with van der Waals surface area (Å²) < 4.78 is 28.8. The lowest BCUT2D eigenvalue weighted by molar-refractivity contribution is -0.147. The van der Waals surface area contributed by atoms with E-state index in [1.54, 1.807) is 28.4 Å². The highest BCUT2D eigenvalue weighted by Gasteiger charge is 2.47. The van der Waals surface area contributed by atoms with Gasteiger partial charge in [-0.1, -0.05) is 13.0 Å². The molecular weight excluding hydrogens is 558 g/mol. The van der Waals surface area contributed by atoms with Gasteiger partial charge < -0.3 is 29.0 Å². The molecule has 3 aromatic rings. The standard InChI is InChI=1S/C35H43N3O6/c1-7-21(27-9-8-20(2)17-36-27)14-34(39)44-19-29-25-15-32(42-5)31(41-4)13-23(25)11-28-35-26-16-33(43-6)30(40-3)12-22(26)10-24(37-35)18-38(28)29/h8-9,12-13,15-17,21,24,28-29,35,37H,7,10-11,14,18-19H2,1-6H3. The van der Waals surface area contributed by atoms with E-state index in [4.69, 9.17) is 23.7 Å². The number of rotatable bonds is 10. The number of piperazine rings is 1. The van der Waals surface area contributed by atoms with E-state index >= 15 is 0 Å². The van der Waals surface area contributed by atoms with Crippen molar-refractivity contribution in [1.82, 2.24) is 15.2 Å². The Labute approximate surface area is 259 Å². The van der Waals surface area contributed by atoms with Crippen LogP contribution >= 0.6 is 0 Å². The quantitative estimate of drug-likeness (QED) is 0.319. The Bertz CT molecular complexity index is 1510. The van der Waals surface area contributed by atoms with Crippen LogP contribution in [0.5, 0.6) is 23.0 Å². The van der Waals surface area contributed by atoms with Crippen LogP contribution in [0.1, 0.15) is 71.3 Å². The van der Waals surface area contributed by atoms with Crippen LogP contribution in [0.2, 0.25) is 0 Å². The summed E-state index contributed by atoms with van der Waals surface area (Å²) in [4.78, 5) is 20.4. The van der Waals surface area contributed by atoms with Gasteiger partial charge in [-0.25, -0.2) is 0 Å². The van der Waals surface area contributed by atoms with Gasteiger partial charge in [0, 0.05) is 42.5 Å². The van der Waals surface area contributed by atoms with E-state index in [9.17, 15) is 4.79 Å². The number of ether oxygens (including phenoxy) is 5. The molecule has 0 spiro atoms. The normalized spacial score (nSPS) is 22.6. The first-order valence-corrected chi connectivity index (χ1v) is 15.5. The summed E-state index contributed by atoms with van der Waals surface area (Å²) >= 11 is 0. The second-order valence-corrected chi connectivity index (χ2v) is 12.1. The average Bonchev–Trinajstić information content (AvgIpc) is 3.05. The Hall–Kier alpha value is -3.82. The average molecular weight is 602 g/mol. The number of nitrogens with one attached hydrogen (secondary N) is 1. The van der Waals surface area contributed by atoms with E-state index in [0.29, 0.717) is 17.9 Å². The number of fused-ring (bicyclic) bond motifs is 7. The second kappa shape index (κ2) is 12.7. The molecule has 9 nitrogen and oxygen atoms in total. The van der Waals surface area contributed by atoms with Crippen LogP contribution in [0.4, 0.5) is 0 Å². The van der Waals surface area contributed by atoms with E-state index in [2.05, 4.69) is 46.4 Å². The Kier molecular flexibility index (Phi) is 8.69. The largest absolute Gasteiger partial charge is 0.493 e. The fraction of sp³-hybridized carbons (Fsp3) is 0.486. The van der Waals surface area contributed by atoms with Crippen molar-refractivity contribution in [1.29, 1.82) is 0 Å². The van der Waals surface area contributed by atoms with Gasteiger partial charge in [0.2, 0.25) is 0 Å². The van der Waals surface area contributed by atoms with Crippen molar-refractivity contribution in [3.8, 4) is 23.0 Å². The predicted molar refractivity (Wildman–Crippen MR) is 167 cm³/mol. The first kappa shape index (κ1) is 30.2. The minimum Gasteiger partial charge on any atom is -0.493 e. The van der Waals surface area contributed by atoms with Crippen LogP contribution in [0.15, 0.2) is 42.6 Å². The number of esters is 1. The van der Waals surface area contributed by atoms with Crippen molar-refractivity contribution in [3.63, 3.8) is 0 Å². The van der Waals surface area contributed by atoms with Gasteiger partial charge in [-0.05, 0) is 84.3 Å². The monoisotopic (exact) mass is 601 g/mol. The molecule has 3 aliphatic heterocycles. The Morgan fingerprint density at radius 1 is 0.932 bits per heavy atom. The van der Waals surface area contributed by atoms with Gasteiger partial charge in [-0.2, -0.15) is 0 Å². The van der Waals surface area contributed by atoms with Crippen LogP contribution in [0.25, 0.3) is 0 Å². The Morgan fingerprint density at radius 3 is 2.18 bits per heavy atom. The first-order valence-electron chi connectivity index (χ1n) is 15.5. The van der Waals surface area contributed by atoms with Crippen LogP contribution in [0.3, 0.4) is 0 Å². The molecule has 9 heteroatoms. The number of hydrogen-bond acceptors (Lipinski definition) is 9. The fourth-order valence-electron chi connectivity index (χ4n) is 7.31. The van der Waals surface area contributed by atoms with Crippen molar-refractivity contribution in [2.45, 2.75) is 69.6 Å². The molecule has 2 aromatic carbocycles. The lowest BCUT2D eigenvalue weighted by Gasteiger charge is -2.54. The smallest absolute Gasteiger partial charge is 0.306 e. The molecule has 5 unspecified atom stereocenters. The third-order valence-electron chi connectivity index (χ3n) is 9.60. The number of aryl methyl sites for hydroxylation is 1. The van der Waals surface area contributed by atoms with E-state index in [-0.39, 0.29) is 42.7 Å². The summed E-state index contributed by atoms with van der Waals surface area (Å²) in [5, 5.41) is 3.91. The molecule has 0 amide bonds. The first-order chi connectivity index (χ1) is 21.4. The van der Waals surface area contributed by atoms with Gasteiger partial charge in [0.15, 0.2) is 23.0 Å². The van der Waals surface area contributed by atoms with Gasteiger partial charge >= 0.3 is 5.97 Å². The van der Waals surface area contributed by atoms with E-state index in [1.807, 2.05) is 25.3 Å². The highest BCUT2D eigenvalue weighted by Crippen LogP contribution is 2.47. The molecule has 1 aromatic heterocycles. The lowest BCUT2D eigenvalue weighted by atomic mass is 9.76. The van der Waals surface area contributed by atoms with Crippen LogP contribution in [0, 0.1) is 6.92 Å². The number of nitrogens with zero attached hydrogens (tertiary/aromatic N) is 2. The zero-order valence-corrected chi connectivity index (χ0v) is 26.5. The maximum absolute atomic E-state index is 13.3. The number of carbonyl (C=O) groups is 1. The minimum absolute atomic E-state index is 0.0147. The lowest BCUT2D eigenvalue weighted by Crippen LogP contribution is -2.63. The topological polar surface area (TPSA) is 91.4 Å². The zero-order chi connectivity index (χ0) is 31.0. The summed E-state index contributed by atoms with van der Waals surface area (Å²) in [6.07, 6.45) is 4.65. The SMILES string of the molecule is CCC(CC(=O)OCC1c2cc(OC)c(OC)cc2CC2C3NC(Cc4cc(OC)c(OC)cc43)CN12)c1ccc(C)cn1. The molecule has 1 fully saturated rings. The van der Waals surface area contributed by atoms with Crippen molar-refractivity contribution < 1.29 is 28.5 Å². The van der Waals surface area contributed by atoms with Crippen molar-refractivity contribution >= 4 is 5.97 Å². The van der Waals surface area contributed by atoms with Crippen molar-refractivity contribution in [2.24, 2.45) is 0 Å². The highest BCUT2D eigenvalue weighted by atomic mass is 16.5. The molecule has 1 N–H and O–H groups in total. The molecule has 0 radical (unpaired) electrons. The van der Waals surface area contributed by atoms with Crippen LogP contribution in [-0.4, -0.2) is 69.5 Å². The summed E-state index contributed by atoms with van der Waals surface area (Å²) in [6, 6.07) is 12.8. The maximum atomic E-state index is 13.3. The van der Waals surface area contributed by atoms with Crippen LogP contribution < -0.4 is 24.3 Å². The molecule has 6 rings (SSSR count). The molecule has 5 atom stereocenters. The highest BCUT2D eigenvalue weighted by molar-refractivity contribution is 5.70. The number of aromatic nitrogens is 1. The number of pyridine rings is 1. The molecule has 44 heavy (non-hydrogen) atoms. The van der Waals surface area contributed by atoms with Gasteiger partial charge in [-0.15, -0.1) is 0 Å². The number of hydrogen-bond donors (Lipinski definition) is 1. The van der Waals surface area contributed by atoms with Crippen molar-refractivity contribution in [3.05, 3.63) is 76.1 Å². The Morgan fingerprint density at radius 2 is 1.57 bits per heavy atom. The summed E-state index contributed by atoms with van der Waals surface area (Å²) in [7, 11) is 6.67. The molecular formula is C35H43N3O6. The summed E-state index contributed by atoms with van der Waals surface area (Å²) in [5.74, 6) is 2.66. The molecule has 0 aliphatic carbocycles. The zero-order valence-electron chi connectivity index (χ0n) is 26.5. The maximum Gasteiger partial charge on any atom is 0.306 e. The van der Waals surface area contributed by atoms with Gasteiger partial charge in [0.25, 0.3) is 0 Å². The summed E-state index contributed by atoms with van der Waals surface area (Å²) in [6.45, 7) is 5.19. The molecule has 1 saturated heterocycles. The second-order valence-electron chi connectivity index (χ2n) is 12.1. The van der Waals surface area contributed by atoms with Gasteiger partial charge in [0.1, 0.15) is 6.61 Å². The van der Waals surface area contributed by atoms with Gasteiger partial charge in [0.05, 0.1) is 40.9 Å². The van der Waals surface area contributed by atoms with E-state index < -0.39 is 0 Å². The van der Waals surface area contributed by atoms with Crippen LogP contribution in [-0.2, 0) is 22.4 Å². The van der Waals surface area contributed by atoms with Gasteiger partial charge in [-0.3, -0.25) is 14.7 Å². The molecule has 4 heterocycles. The molecule has 234 valence electrons. The number of carbonyl (C=O) groups excluding carboxylic acids is 1. The third kappa shape index (κ3) is 5.59. The van der Waals surface area contributed by atoms with Crippen molar-refractivity contribution in [2.75, 3.05) is 41.6 Å². The number of methoxy groups -OCH3 is 4. The van der Waals surface area contributed by atoms with E-state index in [1.165, 1.54) is 16.7 Å². The Balaban J connectivity index is 1.31. The molecule has 2 bridgehead atoms. The fourth-order valence-corrected chi connectivity index (χ4v) is 7.31. The minimum atomic E-state index is -0.208. The summed E-state index contributed by atoms with van der Waals surface area (Å²) in [5.41, 5.74) is 6.83. The molecule has 0 saturated carbocycles. The number of benzene rings is 2. The third-order valence-corrected chi connectivity index (χ3v) is 9.60. The molecule has 3 aliphatic rings. The van der Waals surface area contributed by atoms with E-state index in [0.717, 1.165) is 54.1 Å².